The summed E-state index contributed by atoms with van der Waals surface area (Å²) in [6.45, 7) is 0.400. The van der Waals surface area contributed by atoms with Gasteiger partial charge in [-0.2, -0.15) is 5.26 Å². The van der Waals surface area contributed by atoms with E-state index in [1.165, 1.54) is 6.20 Å². The van der Waals surface area contributed by atoms with Crippen molar-refractivity contribution in [1.82, 2.24) is 5.32 Å². The highest BCUT2D eigenvalue weighted by molar-refractivity contribution is 5.97. The molecule has 0 heterocycles. The standard InChI is InChI=1S/C20H20N4O3/c1-27-18-8-2-14(3-9-18)10-11-23-20(26)16(12-21)13-24-17-6-4-15(5-7-17)19(22)25/h2-9,13,24H,10-11H2,1H3,(H2,22,25)(H,23,26)/b16-13-. The minimum atomic E-state index is -0.522. The fraction of sp³-hybridized carbons (Fsp3) is 0.150. The number of hydrogen-bond acceptors (Lipinski definition) is 5. The molecule has 0 unspecified atom stereocenters. The lowest BCUT2D eigenvalue weighted by atomic mass is 10.1. The van der Waals surface area contributed by atoms with E-state index in [4.69, 9.17) is 10.5 Å². The van der Waals surface area contributed by atoms with Crippen molar-refractivity contribution < 1.29 is 14.3 Å². The molecule has 0 aromatic heterocycles. The smallest absolute Gasteiger partial charge is 0.263 e. The monoisotopic (exact) mass is 364 g/mol. The number of carbonyl (C=O) groups is 2. The van der Waals surface area contributed by atoms with Crippen molar-refractivity contribution in [2.24, 2.45) is 5.73 Å². The first-order valence-corrected chi connectivity index (χ1v) is 8.21. The molecule has 4 N–H and O–H groups in total. The van der Waals surface area contributed by atoms with Gasteiger partial charge in [-0.15, -0.1) is 0 Å². The van der Waals surface area contributed by atoms with E-state index in [-0.39, 0.29) is 5.57 Å². The van der Waals surface area contributed by atoms with Gasteiger partial charge in [0.1, 0.15) is 17.4 Å². The Hall–Kier alpha value is -3.79. The van der Waals surface area contributed by atoms with Gasteiger partial charge in [-0.3, -0.25) is 9.59 Å². The largest absolute Gasteiger partial charge is 0.497 e. The SMILES string of the molecule is COc1ccc(CCNC(=O)/C(C#N)=C\Nc2ccc(C(N)=O)cc2)cc1. The molecule has 0 bridgehead atoms. The maximum atomic E-state index is 12.1. The Bertz CT molecular complexity index is 866. The van der Waals surface area contributed by atoms with Gasteiger partial charge in [0.2, 0.25) is 5.91 Å². The summed E-state index contributed by atoms with van der Waals surface area (Å²) in [5, 5.41) is 14.7. The minimum absolute atomic E-state index is 0.0521. The Labute approximate surface area is 157 Å². The number of primary amides is 1. The van der Waals surface area contributed by atoms with Crippen LogP contribution in [-0.4, -0.2) is 25.5 Å². The molecule has 0 aliphatic heterocycles. The molecule has 2 amide bonds. The number of nitrogens with one attached hydrogen (secondary N) is 2. The molecular formula is C20H20N4O3. The fourth-order valence-corrected chi connectivity index (χ4v) is 2.24. The van der Waals surface area contributed by atoms with Crippen LogP contribution in [0.2, 0.25) is 0 Å². The maximum absolute atomic E-state index is 12.1. The van der Waals surface area contributed by atoms with Crippen LogP contribution in [0.5, 0.6) is 5.75 Å². The summed E-state index contributed by atoms with van der Waals surface area (Å²) < 4.78 is 5.10. The normalized spacial score (nSPS) is 10.6. The minimum Gasteiger partial charge on any atom is -0.497 e. The van der Waals surface area contributed by atoms with Crippen molar-refractivity contribution in [3.8, 4) is 11.8 Å². The Morgan fingerprint density at radius 3 is 2.37 bits per heavy atom. The molecule has 2 rings (SSSR count). The number of benzene rings is 2. The van der Waals surface area contributed by atoms with Crippen LogP contribution in [-0.2, 0) is 11.2 Å². The highest BCUT2D eigenvalue weighted by Gasteiger charge is 2.08. The predicted octanol–water partition coefficient (Wildman–Crippen LogP) is 1.97. The van der Waals surface area contributed by atoms with Crippen molar-refractivity contribution in [3.05, 3.63) is 71.4 Å². The number of amides is 2. The average Bonchev–Trinajstić information content (AvgIpc) is 2.69. The number of rotatable bonds is 8. The summed E-state index contributed by atoms with van der Waals surface area (Å²) in [6, 6.07) is 15.8. The number of nitrogens with two attached hydrogens (primary N) is 1. The number of nitrogens with zero attached hydrogens (tertiary/aromatic N) is 1. The van der Waals surface area contributed by atoms with Crippen LogP contribution < -0.4 is 21.1 Å². The molecule has 2 aromatic rings. The van der Waals surface area contributed by atoms with Crippen LogP contribution >= 0.6 is 0 Å². The van der Waals surface area contributed by atoms with Gasteiger partial charge in [-0.25, -0.2) is 0 Å². The zero-order valence-corrected chi connectivity index (χ0v) is 14.9. The summed E-state index contributed by atoms with van der Waals surface area (Å²) in [6.07, 6.45) is 1.96. The van der Waals surface area contributed by atoms with E-state index in [0.717, 1.165) is 11.3 Å². The molecule has 138 valence electrons. The molecule has 0 aliphatic carbocycles. The highest BCUT2D eigenvalue weighted by Crippen LogP contribution is 2.12. The van der Waals surface area contributed by atoms with Crippen molar-refractivity contribution in [3.63, 3.8) is 0 Å². The lowest BCUT2D eigenvalue weighted by Crippen LogP contribution is -2.27. The van der Waals surface area contributed by atoms with E-state index < -0.39 is 11.8 Å². The number of nitriles is 1. The van der Waals surface area contributed by atoms with E-state index in [9.17, 15) is 14.9 Å². The second-order valence-electron chi connectivity index (χ2n) is 5.61. The van der Waals surface area contributed by atoms with Crippen LogP contribution in [0.4, 0.5) is 5.69 Å². The van der Waals surface area contributed by atoms with Gasteiger partial charge in [0.05, 0.1) is 7.11 Å². The molecule has 0 spiro atoms. The second-order valence-corrected chi connectivity index (χ2v) is 5.61. The first-order valence-electron chi connectivity index (χ1n) is 8.21. The lowest BCUT2D eigenvalue weighted by Gasteiger charge is -2.06. The van der Waals surface area contributed by atoms with E-state index in [2.05, 4.69) is 10.6 Å². The van der Waals surface area contributed by atoms with E-state index >= 15 is 0 Å². The first-order chi connectivity index (χ1) is 13.0. The van der Waals surface area contributed by atoms with Crippen LogP contribution in [0.3, 0.4) is 0 Å². The highest BCUT2D eigenvalue weighted by atomic mass is 16.5. The van der Waals surface area contributed by atoms with Gasteiger partial charge in [0.15, 0.2) is 0 Å². The molecule has 0 fully saturated rings. The van der Waals surface area contributed by atoms with Crippen molar-refractivity contribution in [2.75, 3.05) is 19.0 Å². The summed E-state index contributed by atoms with van der Waals surface area (Å²) in [7, 11) is 1.60. The number of carbonyl (C=O) groups excluding carboxylic acids is 2. The second kappa shape index (κ2) is 9.63. The molecule has 0 aliphatic rings. The summed E-state index contributed by atoms with van der Waals surface area (Å²) >= 11 is 0. The number of ether oxygens (including phenoxy) is 1. The Morgan fingerprint density at radius 2 is 1.81 bits per heavy atom. The van der Waals surface area contributed by atoms with Gasteiger partial charge in [-0.05, 0) is 48.4 Å². The molecule has 0 radical (unpaired) electrons. The van der Waals surface area contributed by atoms with Crippen LogP contribution in [0.25, 0.3) is 0 Å². The van der Waals surface area contributed by atoms with Crippen molar-refractivity contribution in [2.45, 2.75) is 6.42 Å². The van der Waals surface area contributed by atoms with Crippen molar-refractivity contribution >= 4 is 17.5 Å². The third-order valence-electron chi connectivity index (χ3n) is 3.78. The Balaban J connectivity index is 1.87. The van der Waals surface area contributed by atoms with Gasteiger partial charge in [0, 0.05) is 24.0 Å². The Kier molecular flexibility index (Phi) is 6.97. The van der Waals surface area contributed by atoms with E-state index in [1.54, 1.807) is 31.4 Å². The molecule has 2 aromatic carbocycles. The molecule has 7 nitrogen and oxygen atoms in total. The quantitative estimate of drug-likeness (QED) is 0.489. The zero-order chi connectivity index (χ0) is 19.6. The third kappa shape index (κ3) is 5.90. The van der Waals surface area contributed by atoms with Gasteiger partial charge < -0.3 is 21.1 Å². The summed E-state index contributed by atoms with van der Waals surface area (Å²) in [5.74, 6) is -0.217. The van der Waals surface area contributed by atoms with E-state index in [1.807, 2.05) is 30.3 Å². The van der Waals surface area contributed by atoms with Gasteiger partial charge >= 0.3 is 0 Å². The molecule has 0 saturated carbocycles. The van der Waals surface area contributed by atoms with Crippen LogP contribution in [0.1, 0.15) is 15.9 Å². The molecule has 0 atom stereocenters. The zero-order valence-electron chi connectivity index (χ0n) is 14.9. The van der Waals surface area contributed by atoms with Gasteiger partial charge in [0.25, 0.3) is 5.91 Å². The van der Waals surface area contributed by atoms with Crippen LogP contribution in [0, 0.1) is 11.3 Å². The third-order valence-corrected chi connectivity index (χ3v) is 3.78. The number of hydrogen-bond donors (Lipinski definition) is 3. The fourth-order valence-electron chi connectivity index (χ4n) is 2.24. The molecule has 7 heteroatoms. The molecular weight excluding hydrogens is 344 g/mol. The van der Waals surface area contributed by atoms with Crippen molar-refractivity contribution in [1.29, 1.82) is 5.26 Å². The van der Waals surface area contributed by atoms with E-state index in [0.29, 0.717) is 24.2 Å². The molecule has 0 saturated heterocycles. The average molecular weight is 364 g/mol. The number of methoxy groups -OCH3 is 1. The summed E-state index contributed by atoms with van der Waals surface area (Å²) in [4.78, 5) is 23.1. The van der Waals surface area contributed by atoms with Crippen LogP contribution in [0.15, 0.2) is 60.3 Å². The topological polar surface area (TPSA) is 117 Å². The first kappa shape index (κ1) is 19.5. The maximum Gasteiger partial charge on any atom is 0.263 e. The predicted molar refractivity (Wildman–Crippen MR) is 102 cm³/mol. The lowest BCUT2D eigenvalue weighted by molar-refractivity contribution is -0.117. The van der Waals surface area contributed by atoms with Gasteiger partial charge in [-0.1, -0.05) is 12.1 Å². The summed E-state index contributed by atoms with van der Waals surface area (Å²) in [5.41, 5.74) is 7.17. The number of anilines is 1. The molecule has 27 heavy (non-hydrogen) atoms. The Morgan fingerprint density at radius 1 is 1.15 bits per heavy atom.